The topological polar surface area (TPSA) is 145 Å². The molecular formula is C16H12BrClFN3O7S. The first-order valence-corrected chi connectivity index (χ1v) is 10.5. The number of halogens is 3. The van der Waals surface area contributed by atoms with Crippen molar-refractivity contribution in [2.45, 2.75) is 4.90 Å². The molecule has 0 radical (unpaired) electrons. The summed E-state index contributed by atoms with van der Waals surface area (Å²) in [6, 6.07) is 6.51. The number of nitrogens with zero attached hydrogens (tertiary/aromatic N) is 1. The highest BCUT2D eigenvalue weighted by Crippen LogP contribution is 2.25. The fraction of sp³-hybridized carbons (Fsp3) is 0.125. The Balaban J connectivity index is 1.90. The lowest BCUT2D eigenvalue weighted by Crippen LogP contribution is -2.32. The van der Waals surface area contributed by atoms with Gasteiger partial charge in [0.15, 0.2) is 6.61 Å². The maximum atomic E-state index is 13.1. The van der Waals surface area contributed by atoms with Crippen LogP contribution in [0.2, 0.25) is 5.02 Å². The van der Waals surface area contributed by atoms with Gasteiger partial charge < -0.3 is 10.1 Å². The molecule has 0 aliphatic heterocycles. The number of anilines is 1. The van der Waals surface area contributed by atoms with Crippen LogP contribution >= 0.6 is 27.5 Å². The standard InChI is InChI=1S/C16H12BrClFN3O7S/c17-9-1-4-14(11(18)5-9)30(27,28)20-7-16(24)29-8-15(23)21-12-3-2-10(19)6-13(12)22(25)26/h1-6,20H,7-8H2,(H,21,23). The van der Waals surface area contributed by atoms with Gasteiger partial charge in [-0.25, -0.2) is 12.8 Å². The highest BCUT2D eigenvalue weighted by Gasteiger charge is 2.21. The van der Waals surface area contributed by atoms with Crippen LogP contribution in [0.3, 0.4) is 0 Å². The Morgan fingerprint density at radius 2 is 1.93 bits per heavy atom. The van der Waals surface area contributed by atoms with E-state index in [2.05, 4.69) is 26.0 Å². The van der Waals surface area contributed by atoms with E-state index < -0.39 is 51.5 Å². The van der Waals surface area contributed by atoms with Crippen LogP contribution < -0.4 is 10.0 Å². The van der Waals surface area contributed by atoms with E-state index in [4.69, 9.17) is 11.6 Å². The minimum Gasteiger partial charge on any atom is -0.455 e. The van der Waals surface area contributed by atoms with Gasteiger partial charge in [0.1, 0.15) is 22.9 Å². The van der Waals surface area contributed by atoms with Crippen molar-refractivity contribution in [3.63, 3.8) is 0 Å². The number of rotatable bonds is 8. The summed E-state index contributed by atoms with van der Waals surface area (Å²) in [5, 5.41) is 12.9. The van der Waals surface area contributed by atoms with E-state index >= 15 is 0 Å². The van der Waals surface area contributed by atoms with Gasteiger partial charge in [-0.05, 0) is 30.3 Å². The fourth-order valence-electron chi connectivity index (χ4n) is 2.07. The van der Waals surface area contributed by atoms with Crippen LogP contribution in [0, 0.1) is 15.9 Å². The van der Waals surface area contributed by atoms with Crippen LogP contribution in [0.5, 0.6) is 0 Å². The molecule has 0 aromatic heterocycles. The van der Waals surface area contributed by atoms with Crippen LogP contribution in [0.1, 0.15) is 0 Å². The maximum Gasteiger partial charge on any atom is 0.321 e. The number of ether oxygens (including phenoxy) is 1. The van der Waals surface area contributed by atoms with Crippen molar-refractivity contribution < 1.29 is 32.1 Å². The van der Waals surface area contributed by atoms with Crippen molar-refractivity contribution in [1.29, 1.82) is 0 Å². The number of hydrogen-bond acceptors (Lipinski definition) is 7. The number of hydrogen-bond donors (Lipinski definition) is 2. The lowest BCUT2D eigenvalue weighted by Gasteiger charge is -2.09. The van der Waals surface area contributed by atoms with Crippen molar-refractivity contribution >= 4 is 60.8 Å². The summed E-state index contributed by atoms with van der Waals surface area (Å²) >= 11 is 9.00. The minimum absolute atomic E-state index is 0.0782. The number of benzene rings is 2. The SMILES string of the molecule is O=C(COC(=O)CNS(=O)(=O)c1ccc(Br)cc1Cl)Nc1ccc(F)cc1[N+](=O)[O-]. The van der Waals surface area contributed by atoms with Crippen LogP contribution in [0.4, 0.5) is 15.8 Å². The Labute approximate surface area is 182 Å². The highest BCUT2D eigenvalue weighted by molar-refractivity contribution is 9.10. The third kappa shape index (κ3) is 6.45. The van der Waals surface area contributed by atoms with Crippen molar-refractivity contribution in [1.82, 2.24) is 4.72 Å². The van der Waals surface area contributed by atoms with Gasteiger partial charge in [-0.2, -0.15) is 4.72 Å². The molecule has 0 aliphatic rings. The maximum absolute atomic E-state index is 13.1. The zero-order valence-corrected chi connectivity index (χ0v) is 17.9. The summed E-state index contributed by atoms with van der Waals surface area (Å²) in [6.07, 6.45) is 0. The van der Waals surface area contributed by atoms with Crippen molar-refractivity contribution in [2.24, 2.45) is 0 Å². The summed E-state index contributed by atoms with van der Waals surface area (Å²) in [5.41, 5.74) is -0.984. The van der Waals surface area contributed by atoms with Crippen molar-refractivity contribution in [2.75, 3.05) is 18.5 Å². The van der Waals surface area contributed by atoms with Crippen LogP contribution in [0.25, 0.3) is 0 Å². The first-order valence-electron chi connectivity index (χ1n) is 7.84. The molecule has 0 spiro atoms. The molecule has 14 heteroatoms. The molecule has 2 aromatic carbocycles. The molecule has 2 rings (SSSR count). The van der Waals surface area contributed by atoms with E-state index in [0.717, 1.165) is 12.1 Å². The Morgan fingerprint density at radius 3 is 2.57 bits per heavy atom. The minimum atomic E-state index is -4.12. The summed E-state index contributed by atoms with van der Waals surface area (Å²) in [6.45, 7) is -1.65. The molecule has 160 valence electrons. The highest BCUT2D eigenvalue weighted by atomic mass is 79.9. The Hall–Kier alpha value is -2.61. The lowest BCUT2D eigenvalue weighted by atomic mass is 10.2. The molecule has 0 saturated heterocycles. The third-order valence-corrected chi connectivity index (χ3v) is 5.76. The second-order valence-electron chi connectivity index (χ2n) is 5.53. The van der Waals surface area contributed by atoms with Gasteiger partial charge in [0.2, 0.25) is 10.0 Å². The van der Waals surface area contributed by atoms with Gasteiger partial charge in [0.25, 0.3) is 11.6 Å². The number of sulfonamides is 1. The number of carbonyl (C=O) groups excluding carboxylic acids is 2. The Kier molecular flexibility index (Phi) is 7.83. The molecule has 10 nitrogen and oxygen atoms in total. The molecule has 1 amide bonds. The quantitative estimate of drug-likeness (QED) is 0.307. The number of esters is 1. The summed E-state index contributed by atoms with van der Waals surface area (Å²) < 4.78 is 44.6. The number of nitro groups is 1. The Morgan fingerprint density at radius 1 is 1.23 bits per heavy atom. The largest absolute Gasteiger partial charge is 0.455 e. The molecule has 0 saturated carbocycles. The van der Waals surface area contributed by atoms with Crippen molar-refractivity contribution in [3.05, 3.63) is 61.8 Å². The predicted molar refractivity (Wildman–Crippen MR) is 107 cm³/mol. The lowest BCUT2D eigenvalue weighted by molar-refractivity contribution is -0.384. The van der Waals surface area contributed by atoms with E-state index in [0.29, 0.717) is 10.5 Å². The monoisotopic (exact) mass is 523 g/mol. The van der Waals surface area contributed by atoms with Gasteiger partial charge in [-0.3, -0.25) is 19.7 Å². The van der Waals surface area contributed by atoms with E-state index in [-0.39, 0.29) is 15.6 Å². The molecule has 2 N–H and O–H groups in total. The number of amides is 1. The molecule has 0 fully saturated rings. The van der Waals surface area contributed by atoms with Gasteiger partial charge in [-0.1, -0.05) is 27.5 Å². The van der Waals surface area contributed by atoms with E-state index in [1.807, 2.05) is 4.72 Å². The summed E-state index contributed by atoms with van der Waals surface area (Å²) in [7, 11) is -4.12. The molecular weight excluding hydrogens is 513 g/mol. The fourth-order valence-corrected chi connectivity index (χ4v) is 4.07. The van der Waals surface area contributed by atoms with Gasteiger partial charge >= 0.3 is 5.97 Å². The number of nitrogens with one attached hydrogen (secondary N) is 2. The first kappa shape index (κ1) is 23.7. The molecule has 0 bridgehead atoms. The van der Waals surface area contributed by atoms with E-state index in [9.17, 15) is 32.5 Å². The average molecular weight is 525 g/mol. The third-order valence-electron chi connectivity index (χ3n) is 3.38. The molecule has 0 atom stereocenters. The van der Waals surface area contributed by atoms with Crippen LogP contribution in [-0.2, 0) is 24.3 Å². The zero-order valence-electron chi connectivity index (χ0n) is 14.7. The van der Waals surface area contributed by atoms with Gasteiger partial charge in [0.05, 0.1) is 16.0 Å². The number of nitro benzene ring substituents is 1. The first-order chi connectivity index (χ1) is 14.0. The molecule has 0 heterocycles. The molecule has 30 heavy (non-hydrogen) atoms. The number of carbonyl (C=O) groups is 2. The second-order valence-corrected chi connectivity index (χ2v) is 8.58. The van der Waals surface area contributed by atoms with Gasteiger partial charge in [-0.15, -0.1) is 0 Å². The molecule has 2 aromatic rings. The second kappa shape index (κ2) is 9.93. The van der Waals surface area contributed by atoms with E-state index in [1.165, 1.54) is 18.2 Å². The molecule has 0 aliphatic carbocycles. The Bertz CT molecular complexity index is 1110. The smallest absolute Gasteiger partial charge is 0.321 e. The van der Waals surface area contributed by atoms with Crippen molar-refractivity contribution in [3.8, 4) is 0 Å². The van der Waals surface area contributed by atoms with Gasteiger partial charge in [0, 0.05) is 4.47 Å². The normalized spacial score (nSPS) is 11.0. The zero-order chi connectivity index (χ0) is 22.5. The van der Waals surface area contributed by atoms with Crippen LogP contribution in [0.15, 0.2) is 45.8 Å². The average Bonchev–Trinajstić information content (AvgIpc) is 2.65. The van der Waals surface area contributed by atoms with E-state index in [1.54, 1.807) is 0 Å². The summed E-state index contributed by atoms with van der Waals surface area (Å²) in [4.78, 5) is 33.2. The summed E-state index contributed by atoms with van der Waals surface area (Å²) in [5.74, 6) is -2.91. The molecule has 0 unspecified atom stereocenters. The van der Waals surface area contributed by atoms with Crippen LogP contribution in [-0.4, -0.2) is 38.4 Å². The predicted octanol–water partition coefficient (Wildman–Crippen LogP) is 2.61.